The molecule has 1 aromatic heterocycles. The van der Waals surface area contributed by atoms with Gasteiger partial charge in [0.15, 0.2) is 18.2 Å². The second-order valence-corrected chi connectivity index (χ2v) is 6.10. The van der Waals surface area contributed by atoms with Crippen molar-refractivity contribution < 1.29 is 22.0 Å². The zero-order valence-corrected chi connectivity index (χ0v) is 11.2. The molecule has 102 valence electrons. The van der Waals surface area contributed by atoms with Crippen molar-refractivity contribution in [2.75, 3.05) is 0 Å². The number of rotatable bonds is 4. The van der Waals surface area contributed by atoms with Crippen molar-refractivity contribution in [2.24, 2.45) is 0 Å². The lowest BCUT2D eigenvalue weighted by molar-refractivity contribution is 0.249. The van der Waals surface area contributed by atoms with Gasteiger partial charge in [0, 0.05) is 17.6 Å². The van der Waals surface area contributed by atoms with Crippen LogP contribution in [0.1, 0.15) is 11.8 Å². The van der Waals surface area contributed by atoms with Gasteiger partial charge in [-0.3, -0.25) is 0 Å². The molecule has 0 fully saturated rings. The Morgan fingerprint density at radius 3 is 2.68 bits per heavy atom. The number of hydrogen-bond acceptors (Lipinski definition) is 6. The molecule has 0 amide bonds. The lowest BCUT2D eigenvalue weighted by atomic mass is 10.3. The molecule has 0 aliphatic rings. The third kappa shape index (κ3) is 3.42. The summed E-state index contributed by atoms with van der Waals surface area (Å²) in [6.07, 6.45) is 0. The van der Waals surface area contributed by atoms with E-state index in [1.165, 1.54) is 0 Å². The third-order valence-electron chi connectivity index (χ3n) is 2.10. The van der Waals surface area contributed by atoms with Crippen LogP contribution >= 0.6 is 10.7 Å². The molecule has 0 unspecified atom stereocenters. The minimum absolute atomic E-state index is 0.120. The molecule has 0 spiro atoms. The second kappa shape index (κ2) is 5.14. The maximum Gasteiger partial charge on any atom is 0.261 e. The first-order valence-corrected chi connectivity index (χ1v) is 7.33. The highest BCUT2D eigenvalue weighted by Gasteiger charge is 2.14. The predicted octanol–water partition coefficient (Wildman–Crippen LogP) is 2.02. The van der Waals surface area contributed by atoms with Crippen LogP contribution in [-0.4, -0.2) is 18.6 Å². The molecule has 0 saturated carbocycles. The summed E-state index contributed by atoms with van der Waals surface area (Å²) < 4.78 is 45.7. The molecule has 2 rings (SSSR count). The zero-order valence-electron chi connectivity index (χ0n) is 9.63. The average Bonchev–Trinajstić information content (AvgIpc) is 2.72. The van der Waals surface area contributed by atoms with Crippen LogP contribution in [0.4, 0.5) is 4.39 Å². The van der Waals surface area contributed by atoms with Gasteiger partial charge in [-0.05, 0) is 18.2 Å². The molecule has 0 radical (unpaired) electrons. The van der Waals surface area contributed by atoms with E-state index < -0.39 is 14.9 Å². The van der Waals surface area contributed by atoms with E-state index in [2.05, 4.69) is 10.2 Å². The van der Waals surface area contributed by atoms with E-state index in [0.717, 1.165) is 18.2 Å². The Morgan fingerprint density at radius 2 is 2.16 bits per heavy atom. The van der Waals surface area contributed by atoms with E-state index in [9.17, 15) is 12.8 Å². The molecule has 0 aliphatic heterocycles. The van der Waals surface area contributed by atoms with E-state index in [-0.39, 0.29) is 23.1 Å². The summed E-state index contributed by atoms with van der Waals surface area (Å²) >= 11 is 0. The smallest absolute Gasteiger partial charge is 0.261 e. The molecule has 1 heterocycles. The average molecular weight is 307 g/mol. The Kier molecular flexibility index (Phi) is 3.72. The summed E-state index contributed by atoms with van der Waals surface area (Å²) in [5.41, 5.74) is 0. The van der Waals surface area contributed by atoms with Gasteiger partial charge in [0.2, 0.25) is 5.89 Å². The normalized spacial score (nSPS) is 11.5. The maximum atomic E-state index is 13.6. The summed E-state index contributed by atoms with van der Waals surface area (Å²) in [6, 6.07) is 3.07. The fourth-order valence-electron chi connectivity index (χ4n) is 1.29. The van der Waals surface area contributed by atoms with Crippen molar-refractivity contribution in [2.45, 2.75) is 18.4 Å². The fraction of sp³-hybridized carbons (Fsp3) is 0.200. The Bertz CT molecular complexity index is 701. The van der Waals surface area contributed by atoms with Crippen molar-refractivity contribution in [1.82, 2.24) is 10.2 Å². The van der Waals surface area contributed by atoms with Gasteiger partial charge in [0.25, 0.3) is 14.9 Å². The molecule has 0 N–H and O–H groups in total. The maximum absolute atomic E-state index is 13.6. The minimum atomic E-state index is -3.97. The van der Waals surface area contributed by atoms with E-state index in [1.807, 2.05) is 0 Å². The van der Waals surface area contributed by atoms with Gasteiger partial charge >= 0.3 is 0 Å². The number of aryl methyl sites for hydroxylation is 1. The lowest BCUT2D eigenvalue weighted by Crippen LogP contribution is -1.99. The van der Waals surface area contributed by atoms with Crippen molar-refractivity contribution in [3.63, 3.8) is 0 Å². The van der Waals surface area contributed by atoms with Crippen molar-refractivity contribution in [3.8, 4) is 5.75 Å². The highest BCUT2D eigenvalue weighted by molar-refractivity contribution is 8.13. The number of benzene rings is 1. The van der Waals surface area contributed by atoms with E-state index in [1.54, 1.807) is 6.92 Å². The van der Waals surface area contributed by atoms with Gasteiger partial charge in [0.1, 0.15) is 0 Å². The van der Waals surface area contributed by atoms with Crippen LogP contribution in [0.3, 0.4) is 0 Å². The van der Waals surface area contributed by atoms with Crippen molar-refractivity contribution >= 4 is 19.7 Å². The van der Waals surface area contributed by atoms with Crippen LogP contribution in [-0.2, 0) is 15.7 Å². The van der Waals surface area contributed by atoms with Crippen LogP contribution in [0.5, 0.6) is 5.75 Å². The molecule has 0 saturated heterocycles. The standard InChI is InChI=1S/C10H8ClFN2O4S/c1-6-13-14-10(18-6)5-17-9-3-2-7(4-8(9)12)19(11,15)16/h2-4H,5H2,1H3. The molecule has 0 atom stereocenters. The first kappa shape index (κ1) is 13.8. The van der Waals surface area contributed by atoms with Gasteiger partial charge in [-0.15, -0.1) is 10.2 Å². The quantitative estimate of drug-likeness (QED) is 0.804. The zero-order chi connectivity index (χ0) is 14.0. The summed E-state index contributed by atoms with van der Waals surface area (Å²) in [5.74, 6) is -0.438. The Morgan fingerprint density at radius 1 is 1.42 bits per heavy atom. The summed E-state index contributed by atoms with van der Waals surface area (Å²) in [5, 5.41) is 7.25. The number of nitrogens with zero attached hydrogens (tertiary/aromatic N) is 2. The number of ether oxygens (including phenoxy) is 1. The number of halogens is 2. The molecular weight excluding hydrogens is 299 g/mol. The van der Waals surface area contributed by atoms with Crippen LogP contribution in [0.2, 0.25) is 0 Å². The third-order valence-corrected chi connectivity index (χ3v) is 3.46. The fourth-order valence-corrected chi connectivity index (χ4v) is 2.05. The Hall–Kier alpha value is -1.67. The first-order valence-electron chi connectivity index (χ1n) is 5.02. The van der Waals surface area contributed by atoms with Crippen LogP contribution in [0, 0.1) is 12.7 Å². The summed E-state index contributed by atoms with van der Waals surface area (Å²) in [4.78, 5) is -0.340. The highest BCUT2D eigenvalue weighted by atomic mass is 35.7. The van der Waals surface area contributed by atoms with Crippen molar-refractivity contribution in [3.05, 3.63) is 35.8 Å². The predicted molar refractivity (Wildman–Crippen MR) is 62.8 cm³/mol. The lowest BCUT2D eigenvalue weighted by Gasteiger charge is -2.05. The molecule has 19 heavy (non-hydrogen) atoms. The largest absolute Gasteiger partial charge is 0.481 e. The van der Waals surface area contributed by atoms with E-state index in [0.29, 0.717) is 5.89 Å². The molecule has 1 aromatic carbocycles. The monoisotopic (exact) mass is 306 g/mol. The molecule has 9 heteroatoms. The Labute approximate surface area is 112 Å². The molecular formula is C10H8ClFN2O4S. The van der Waals surface area contributed by atoms with Crippen molar-refractivity contribution in [1.29, 1.82) is 0 Å². The second-order valence-electron chi connectivity index (χ2n) is 3.53. The number of aromatic nitrogens is 2. The van der Waals surface area contributed by atoms with Gasteiger partial charge in [-0.2, -0.15) is 0 Å². The molecule has 0 aliphatic carbocycles. The topological polar surface area (TPSA) is 82.3 Å². The van der Waals surface area contributed by atoms with Gasteiger partial charge in [-0.25, -0.2) is 12.8 Å². The van der Waals surface area contributed by atoms with E-state index >= 15 is 0 Å². The molecule has 2 aromatic rings. The first-order chi connectivity index (χ1) is 8.86. The van der Waals surface area contributed by atoms with Gasteiger partial charge < -0.3 is 9.15 Å². The molecule has 6 nitrogen and oxygen atoms in total. The van der Waals surface area contributed by atoms with Crippen LogP contribution < -0.4 is 4.74 Å². The SMILES string of the molecule is Cc1nnc(COc2ccc(S(=O)(=O)Cl)cc2F)o1. The molecule has 0 bridgehead atoms. The number of hydrogen-bond donors (Lipinski definition) is 0. The minimum Gasteiger partial charge on any atom is -0.481 e. The van der Waals surface area contributed by atoms with Gasteiger partial charge in [0.05, 0.1) is 4.90 Å². The van der Waals surface area contributed by atoms with E-state index in [4.69, 9.17) is 19.8 Å². The highest BCUT2D eigenvalue weighted by Crippen LogP contribution is 2.23. The van der Waals surface area contributed by atoms with Crippen LogP contribution in [0.25, 0.3) is 0 Å². The van der Waals surface area contributed by atoms with Gasteiger partial charge in [-0.1, -0.05) is 0 Å². The summed E-state index contributed by atoms with van der Waals surface area (Å²) in [7, 11) is 1.12. The van der Waals surface area contributed by atoms with Crippen LogP contribution in [0.15, 0.2) is 27.5 Å². The summed E-state index contributed by atoms with van der Waals surface area (Å²) in [6.45, 7) is 1.49. The Balaban J connectivity index is 2.14.